The lowest BCUT2D eigenvalue weighted by Gasteiger charge is -2.36. The van der Waals surface area contributed by atoms with Crippen LogP contribution >= 0.6 is 0 Å². The lowest BCUT2D eigenvalue weighted by Crippen LogP contribution is -2.41. The SMILES string of the molecule is Cc1cc(Nc2ncn(-c3cc(F)cc(F)c3)n2)cc(N2CCC3OCCC3C2)c1. The normalized spacial score (nSPS) is 21.0. The number of nitrogens with one attached hydrogen (secondary N) is 1. The Morgan fingerprint density at radius 1 is 1.03 bits per heavy atom. The van der Waals surface area contributed by atoms with Crippen LogP contribution in [0.5, 0.6) is 0 Å². The summed E-state index contributed by atoms with van der Waals surface area (Å²) in [5.74, 6) is -0.358. The summed E-state index contributed by atoms with van der Waals surface area (Å²) < 4.78 is 34.1. The van der Waals surface area contributed by atoms with Crippen LogP contribution in [0.25, 0.3) is 5.69 Å². The van der Waals surface area contributed by atoms with E-state index in [1.807, 2.05) is 6.07 Å². The second-order valence-electron chi connectivity index (χ2n) is 8.02. The largest absolute Gasteiger partial charge is 0.378 e. The third-order valence-electron chi connectivity index (χ3n) is 5.77. The minimum atomic E-state index is -0.658. The molecule has 6 nitrogen and oxygen atoms in total. The second kappa shape index (κ2) is 7.68. The van der Waals surface area contributed by atoms with Crippen LogP contribution in [0.1, 0.15) is 18.4 Å². The van der Waals surface area contributed by atoms with Gasteiger partial charge in [0.25, 0.3) is 0 Å². The Morgan fingerprint density at radius 2 is 1.87 bits per heavy atom. The van der Waals surface area contributed by atoms with Crippen LogP contribution in [0.4, 0.5) is 26.1 Å². The van der Waals surface area contributed by atoms with E-state index < -0.39 is 11.6 Å². The maximum Gasteiger partial charge on any atom is 0.246 e. The molecular formula is C22H23F2N5O. The van der Waals surface area contributed by atoms with Crippen molar-refractivity contribution < 1.29 is 13.5 Å². The Hall–Kier alpha value is -3.00. The molecule has 0 bridgehead atoms. The predicted octanol–water partition coefficient (Wildman–Crippen LogP) is 4.21. The fourth-order valence-electron chi connectivity index (χ4n) is 4.38. The van der Waals surface area contributed by atoms with Gasteiger partial charge in [0.1, 0.15) is 18.0 Å². The van der Waals surface area contributed by atoms with Crippen LogP contribution < -0.4 is 10.2 Å². The molecule has 3 aromatic rings. The highest BCUT2D eigenvalue weighted by Crippen LogP contribution is 2.33. The van der Waals surface area contributed by atoms with E-state index in [-0.39, 0.29) is 5.69 Å². The first-order chi connectivity index (χ1) is 14.5. The van der Waals surface area contributed by atoms with Crippen molar-refractivity contribution in [1.82, 2.24) is 14.8 Å². The molecule has 8 heteroatoms. The Labute approximate surface area is 173 Å². The van der Waals surface area contributed by atoms with Crippen molar-refractivity contribution in [1.29, 1.82) is 0 Å². The van der Waals surface area contributed by atoms with Crippen molar-refractivity contribution in [3.63, 3.8) is 0 Å². The first-order valence-electron chi connectivity index (χ1n) is 10.2. The molecule has 0 saturated carbocycles. The molecule has 2 aliphatic rings. The molecule has 0 amide bonds. The lowest BCUT2D eigenvalue weighted by molar-refractivity contribution is 0.0773. The van der Waals surface area contributed by atoms with Gasteiger partial charge in [-0.1, -0.05) is 0 Å². The number of halogens is 2. The zero-order chi connectivity index (χ0) is 20.7. The zero-order valence-electron chi connectivity index (χ0n) is 16.7. The third kappa shape index (κ3) is 3.87. The van der Waals surface area contributed by atoms with Gasteiger partial charge < -0.3 is 15.0 Å². The first kappa shape index (κ1) is 19.0. The number of rotatable bonds is 4. The fourth-order valence-corrected chi connectivity index (χ4v) is 4.38. The summed E-state index contributed by atoms with van der Waals surface area (Å²) in [6.07, 6.45) is 4.01. The highest BCUT2D eigenvalue weighted by Gasteiger charge is 2.34. The van der Waals surface area contributed by atoms with Crippen LogP contribution in [0.3, 0.4) is 0 Å². The van der Waals surface area contributed by atoms with Gasteiger partial charge in [-0.3, -0.25) is 0 Å². The molecule has 2 aromatic carbocycles. The average molecular weight is 411 g/mol. The number of fused-ring (bicyclic) bond motifs is 1. The Kier molecular flexibility index (Phi) is 4.86. The summed E-state index contributed by atoms with van der Waals surface area (Å²) in [6, 6.07) is 9.55. The second-order valence-corrected chi connectivity index (χ2v) is 8.02. The van der Waals surface area contributed by atoms with E-state index in [1.54, 1.807) is 0 Å². The predicted molar refractivity (Wildman–Crippen MR) is 110 cm³/mol. The van der Waals surface area contributed by atoms with Gasteiger partial charge >= 0.3 is 0 Å². The van der Waals surface area contributed by atoms with E-state index >= 15 is 0 Å². The van der Waals surface area contributed by atoms with E-state index in [0.29, 0.717) is 18.0 Å². The molecule has 0 aliphatic carbocycles. The van der Waals surface area contributed by atoms with Crippen LogP contribution in [0.15, 0.2) is 42.7 Å². The van der Waals surface area contributed by atoms with Crippen molar-refractivity contribution in [2.75, 3.05) is 29.9 Å². The molecule has 0 spiro atoms. The molecule has 3 heterocycles. The molecule has 0 radical (unpaired) electrons. The molecule has 30 heavy (non-hydrogen) atoms. The first-order valence-corrected chi connectivity index (χ1v) is 10.2. The van der Waals surface area contributed by atoms with Crippen LogP contribution in [-0.2, 0) is 4.74 Å². The summed E-state index contributed by atoms with van der Waals surface area (Å²) in [6.45, 7) is 4.91. The molecule has 1 N–H and O–H groups in total. The topological polar surface area (TPSA) is 55.2 Å². The molecule has 2 fully saturated rings. The number of anilines is 3. The quantitative estimate of drug-likeness (QED) is 0.697. The third-order valence-corrected chi connectivity index (χ3v) is 5.77. The van der Waals surface area contributed by atoms with Crippen LogP contribution in [0.2, 0.25) is 0 Å². The summed E-state index contributed by atoms with van der Waals surface area (Å²) in [4.78, 5) is 6.64. The van der Waals surface area contributed by atoms with Gasteiger partial charge in [0, 0.05) is 43.1 Å². The Balaban J connectivity index is 1.35. The van der Waals surface area contributed by atoms with E-state index in [2.05, 4.69) is 39.4 Å². The van der Waals surface area contributed by atoms with E-state index in [1.165, 1.54) is 23.1 Å². The molecule has 156 valence electrons. The van der Waals surface area contributed by atoms with Gasteiger partial charge in [-0.2, -0.15) is 4.98 Å². The van der Waals surface area contributed by atoms with Crippen molar-refractivity contribution in [3.05, 3.63) is 59.9 Å². The number of aryl methyl sites for hydroxylation is 1. The minimum Gasteiger partial charge on any atom is -0.378 e. The molecule has 2 unspecified atom stereocenters. The van der Waals surface area contributed by atoms with Crippen molar-refractivity contribution in [3.8, 4) is 5.69 Å². The van der Waals surface area contributed by atoms with Crippen molar-refractivity contribution in [2.45, 2.75) is 25.9 Å². The van der Waals surface area contributed by atoms with E-state index in [0.717, 1.165) is 55.5 Å². The smallest absolute Gasteiger partial charge is 0.246 e. The number of benzene rings is 2. The van der Waals surface area contributed by atoms with E-state index in [4.69, 9.17) is 4.74 Å². The molecule has 2 aliphatic heterocycles. The average Bonchev–Trinajstić information content (AvgIpc) is 3.35. The molecular weight excluding hydrogens is 388 g/mol. The van der Waals surface area contributed by atoms with Crippen molar-refractivity contribution in [2.24, 2.45) is 5.92 Å². The summed E-state index contributed by atoms with van der Waals surface area (Å²) in [7, 11) is 0. The minimum absolute atomic E-state index is 0.277. The van der Waals surface area contributed by atoms with E-state index in [9.17, 15) is 8.78 Å². The standard InChI is InChI=1S/C22H23F2N5O/c1-14-6-18(11-19(7-14)28-4-2-21-15(12-28)3-5-30-21)26-22-25-13-29(27-22)20-9-16(23)8-17(24)10-20/h6-11,13,15,21H,2-5,12H2,1H3,(H,26,27). The number of hydrogen-bond acceptors (Lipinski definition) is 5. The van der Waals surface area contributed by atoms with Crippen LogP contribution in [-0.4, -0.2) is 40.6 Å². The Bertz CT molecular complexity index is 1050. The van der Waals surface area contributed by atoms with Gasteiger partial charge in [-0.15, -0.1) is 5.10 Å². The monoisotopic (exact) mass is 411 g/mol. The van der Waals surface area contributed by atoms with Crippen LogP contribution in [0, 0.1) is 24.5 Å². The van der Waals surface area contributed by atoms with Gasteiger partial charge in [0.2, 0.25) is 5.95 Å². The number of nitrogens with zero attached hydrogens (tertiary/aromatic N) is 4. The van der Waals surface area contributed by atoms with Crippen molar-refractivity contribution >= 4 is 17.3 Å². The molecule has 5 rings (SSSR count). The maximum absolute atomic E-state index is 13.5. The molecule has 2 saturated heterocycles. The summed E-state index contributed by atoms with van der Waals surface area (Å²) >= 11 is 0. The van der Waals surface area contributed by atoms with Gasteiger partial charge in [0.15, 0.2) is 0 Å². The summed E-state index contributed by atoms with van der Waals surface area (Å²) in [5, 5.41) is 7.51. The Morgan fingerprint density at radius 3 is 2.70 bits per heavy atom. The van der Waals surface area contributed by atoms with Gasteiger partial charge in [-0.25, -0.2) is 13.5 Å². The zero-order valence-corrected chi connectivity index (χ0v) is 16.7. The number of ether oxygens (including phenoxy) is 1. The molecule has 1 aromatic heterocycles. The van der Waals surface area contributed by atoms with Gasteiger partial charge in [-0.05, 0) is 55.7 Å². The van der Waals surface area contributed by atoms with Gasteiger partial charge in [0.05, 0.1) is 11.8 Å². The lowest BCUT2D eigenvalue weighted by atomic mass is 9.94. The fraction of sp³-hybridized carbons (Fsp3) is 0.364. The highest BCUT2D eigenvalue weighted by atomic mass is 19.1. The molecule has 2 atom stereocenters. The number of aromatic nitrogens is 3. The highest BCUT2D eigenvalue weighted by molar-refractivity contribution is 5.64. The number of piperidine rings is 1. The number of hydrogen-bond donors (Lipinski definition) is 1. The maximum atomic E-state index is 13.5. The summed E-state index contributed by atoms with van der Waals surface area (Å²) in [5.41, 5.74) is 3.44.